The summed E-state index contributed by atoms with van der Waals surface area (Å²) >= 11 is 0. The van der Waals surface area contributed by atoms with Crippen molar-refractivity contribution in [1.82, 2.24) is 9.88 Å². The van der Waals surface area contributed by atoms with Gasteiger partial charge in [0.25, 0.3) is 17.6 Å². The van der Waals surface area contributed by atoms with Crippen LogP contribution in [0.5, 0.6) is 0 Å². The molecule has 11 heteroatoms. The topological polar surface area (TPSA) is 84.6 Å². The van der Waals surface area contributed by atoms with Crippen molar-refractivity contribution in [1.29, 1.82) is 0 Å². The number of nitrogens with zero attached hydrogens (tertiary/aromatic N) is 2. The minimum atomic E-state index is -4.72. The first-order valence-corrected chi connectivity index (χ1v) is 8.43. The van der Waals surface area contributed by atoms with Crippen LogP contribution in [0.1, 0.15) is 33.3 Å². The number of nitrogens with one attached hydrogen (secondary N) is 2. The second-order valence-corrected chi connectivity index (χ2v) is 6.43. The Morgan fingerprint density at radius 1 is 1.23 bits per heavy atom. The van der Waals surface area contributed by atoms with Gasteiger partial charge in [0.1, 0.15) is 11.9 Å². The Labute approximate surface area is 168 Å². The van der Waals surface area contributed by atoms with Crippen LogP contribution in [0, 0.1) is 19.3 Å². The first kappa shape index (κ1) is 22.6. The molecule has 0 saturated heterocycles. The normalized spacial score (nSPS) is 12.1. The van der Waals surface area contributed by atoms with E-state index in [0.29, 0.717) is 6.92 Å². The van der Waals surface area contributed by atoms with E-state index < -0.39 is 35.6 Å². The smallest absolute Gasteiger partial charge is 0.347 e. The molecule has 0 aliphatic rings. The number of aryl methyl sites for hydroxylation is 1. The van der Waals surface area contributed by atoms with Gasteiger partial charge in [0.15, 0.2) is 0 Å². The molecular formula is C19H16F4N4O3. The monoisotopic (exact) mass is 424 g/mol. The lowest BCUT2D eigenvalue weighted by molar-refractivity contribution is -0.156. The van der Waals surface area contributed by atoms with E-state index in [9.17, 15) is 31.9 Å². The molecule has 0 spiro atoms. The van der Waals surface area contributed by atoms with Gasteiger partial charge in [0, 0.05) is 18.9 Å². The van der Waals surface area contributed by atoms with E-state index in [-0.39, 0.29) is 28.2 Å². The number of benzene rings is 1. The maximum atomic E-state index is 13.4. The predicted molar refractivity (Wildman–Crippen MR) is 98.8 cm³/mol. The summed E-state index contributed by atoms with van der Waals surface area (Å²) in [7, 11) is 1.35. The molecule has 0 aliphatic carbocycles. The number of amides is 2. The van der Waals surface area contributed by atoms with Crippen LogP contribution < -0.4 is 10.6 Å². The highest BCUT2D eigenvalue weighted by Crippen LogP contribution is 2.24. The number of hydrogen-bond acceptors (Lipinski definition) is 3. The fraction of sp³-hybridized carbons (Fsp3) is 0.263. The molecule has 2 N–H and O–H groups in total. The molecule has 0 fully saturated rings. The zero-order valence-electron chi connectivity index (χ0n) is 16.0. The summed E-state index contributed by atoms with van der Waals surface area (Å²) in [6.45, 7) is 8.95. The Kier molecular flexibility index (Phi) is 6.30. The molecule has 2 aromatic rings. The van der Waals surface area contributed by atoms with Gasteiger partial charge < -0.3 is 15.2 Å². The van der Waals surface area contributed by atoms with Gasteiger partial charge in [0.2, 0.25) is 5.69 Å². The van der Waals surface area contributed by atoms with E-state index >= 15 is 0 Å². The third kappa shape index (κ3) is 4.65. The van der Waals surface area contributed by atoms with Gasteiger partial charge in [0.05, 0.1) is 17.8 Å². The number of ketones is 1. The fourth-order valence-electron chi connectivity index (χ4n) is 2.63. The molecule has 30 heavy (non-hydrogen) atoms. The van der Waals surface area contributed by atoms with Crippen molar-refractivity contribution in [3.63, 3.8) is 0 Å². The third-order valence-corrected chi connectivity index (χ3v) is 4.26. The molecule has 2 amide bonds. The lowest BCUT2D eigenvalue weighted by Crippen LogP contribution is -2.46. The van der Waals surface area contributed by atoms with Crippen LogP contribution in [-0.4, -0.2) is 34.4 Å². The highest BCUT2D eigenvalue weighted by Gasteiger charge is 2.38. The van der Waals surface area contributed by atoms with E-state index in [0.717, 1.165) is 16.7 Å². The van der Waals surface area contributed by atoms with Crippen molar-refractivity contribution < 1.29 is 31.9 Å². The predicted octanol–water partition coefficient (Wildman–Crippen LogP) is 3.53. The van der Waals surface area contributed by atoms with Crippen molar-refractivity contribution in [3.8, 4) is 0 Å². The number of Topliss-reactive ketones (excluding diaryl/α,β-unsaturated/α-hetero) is 1. The van der Waals surface area contributed by atoms with Crippen LogP contribution >= 0.6 is 0 Å². The van der Waals surface area contributed by atoms with Gasteiger partial charge in [-0.1, -0.05) is 0 Å². The highest BCUT2D eigenvalue weighted by atomic mass is 19.4. The van der Waals surface area contributed by atoms with Crippen LogP contribution in [0.25, 0.3) is 4.85 Å². The molecule has 0 unspecified atom stereocenters. The lowest BCUT2D eigenvalue weighted by Gasteiger charge is -2.16. The van der Waals surface area contributed by atoms with Crippen LogP contribution in [0.2, 0.25) is 0 Å². The average Bonchev–Trinajstić information content (AvgIpc) is 2.96. The summed E-state index contributed by atoms with van der Waals surface area (Å²) in [6.07, 6.45) is -3.48. The summed E-state index contributed by atoms with van der Waals surface area (Å²) in [4.78, 5) is 39.8. The molecule has 0 saturated carbocycles. The second kappa shape index (κ2) is 8.36. The van der Waals surface area contributed by atoms with Crippen LogP contribution in [0.15, 0.2) is 24.4 Å². The fourth-order valence-corrected chi connectivity index (χ4v) is 2.63. The minimum Gasteiger partial charge on any atom is -0.347 e. The van der Waals surface area contributed by atoms with Crippen molar-refractivity contribution in [2.45, 2.75) is 26.1 Å². The Morgan fingerprint density at radius 2 is 1.87 bits per heavy atom. The van der Waals surface area contributed by atoms with Gasteiger partial charge in [-0.05, 0) is 37.6 Å². The molecule has 2 rings (SSSR count). The Balaban J connectivity index is 2.26. The number of carbonyl (C=O) groups is 3. The molecule has 0 aliphatic heterocycles. The second-order valence-electron chi connectivity index (χ2n) is 6.43. The first-order valence-electron chi connectivity index (χ1n) is 8.43. The summed E-state index contributed by atoms with van der Waals surface area (Å²) in [6, 6.07) is 1.13. The van der Waals surface area contributed by atoms with Gasteiger partial charge in [-0.25, -0.2) is 9.24 Å². The molecule has 1 heterocycles. The van der Waals surface area contributed by atoms with Crippen molar-refractivity contribution in [2.75, 3.05) is 5.32 Å². The van der Waals surface area contributed by atoms with Crippen molar-refractivity contribution in [3.05, 3.63) is 58.5 Å². The molecule has 158 valence electrons. The van der Waals surface area contributed by atoms with Gasteiger partial charge in [-0.15, -0.1) is 0 Å². The van der Waals surface area contributed by atoms with E-state index in [1.807, 2.05) is 0 Å². The minimum absolute atomic E-state index is 0.0220. The zero-order chi connectivity index (χ0) is 22.8. The Bertz CT molecular complexity index is 1070. The molecule has 0 radical (unpaired) electrons. The maximum absolute atomic E-state index is 13.4. The van der Waals surface area contributed by atoms with Crippen molar-refractivity contribution >= 4 is 29.0 Å². The van der Waals surface area contributed by atoms with E-state index in [2.05, 4.69) is 10.2 Å². The number of carbonyl (C=O) groups excluding carboxylic acids is 3. The van der Waals surface area contributed by atoms with E-state index in [4.69, 9.17) is 6.57 Å². The number of hydrogen-bond donors (Lipinski definition) is 2. The van der Waals surface area contributed by atoms with Gasteiger partial charge in [-0.3, -0.25) is 14.4 Å². The summed E-state index contributed by atoms with van der Waals surface area (Å²) in [5, 5.41) is 4.02. The Hall–Kier alpha value is -3.68. The number of halogens is 4. The summed E-state index contributed by atoms with van der Waals surface area (Å²) in [5.41, 5.74) is -0.384. The molecule has 1 aromatic carbocycles. The van der Waals surface area contributed by atoms with Crippen molar-refractivity contribution in [2.24, 2.45) is 7.05 Å². The lowest BCUT2D eigenvalue weighted by atomic mass is 10.1. The van der Waals surface area contributed by atoms with Crippen LogP contribution in [0.3, 0.4) is 0 Å². The standard InChI is InChI=1S/C19H16F4N4O3/c1-9-12(17(29)26-11-5-6-13(20)14(7-11)24-3)8-27(4)15(9)16(28)18(30)25-10(2)19(21,22)23/h5-8,10H,1-2,4H3,(H,25,30)(H,26,29)/t10-/m0/s1. The highest BCUT2D eigenvalue weighted by molar-refractivity contribution is 6.43. The molecular weight excluding hydrogens is 408 g/mol. The van der Waals surface area contributed by atoms with Crippen LogP contribution in [-0.2, 0) is 11.8 Å². The molecule has 1 atom stereocenters. The SMILES string of the molecule is [C-]#[N+]c1cc(NC(=O)c2cn(C)c(C(=O)C(=O)N[C@@H](C)C(F)(F)F)c2C)ccc1F. The molecule has 7 nitrogen and oxygen atoms in total. The molecule has 0 bridgehead atoms. The summed E-state index contributed by atoms with van der Waals surface area (Å²) < 4.78 is 52.4. The third-order valence-electron chi connectivity index (χ3n) is 4.26. The maximum Gasteiger partial charge on any atom is 0.408 e. The summed E-state index contributed by atoms with van der Waals surface area (Å²) in [5.74, 6) is -4.17. The molecule has 1 aromatic heterocycles. The first-order chi connectivity index (χ1) is 13.9. The Morgan fingerprint density at radius 3 is 2.43 bits per heavy atom. The zero-order valence-corrected chi connectivity index (χ0v) is 16.0. The largest absolute Gasteiger partial charge is 0.408 e. The average molecular weight is 424 g/mol. The van der Waals surface area contributed by atoms with Crippen LogP contribution in [0.4, 0.5) is 28.9 Å². The number of anilines is 1. The number of alkyl halides is 3. The van der Waals surface area contributed by atoms with Gasteiger partial charge >= 0.3 is 6.18 Å². The number of aromatic nitrogens is 1. The quantitative estimate of drug-likeness (QED) is 0.333. The van der Waals surface area contributed by atoms with E-state index in [1.54, 1.807) is 5.32 Å². The van der Waals surface area contributed by atoms with E-state index in [1.165, 1.54) is 26.2 Å². The van der Waals surface area contributed by atoms with Gasteiger partial charge in [-0.2, -0.15) is 13.2 Å². The number of rotatable bonds is 5.